The monoisotopic (exact) mass is 432 g/mol. The van der Waals surface area contributed by atoms with Crippen LogP contribution in [0.3, 0.4) is 0 Å². The Morgan fingerprint density at radius 1 is 1.00 bits per heavy atom. The van der Waals surface area contributed by atoms with Crippen LogP contribution in [-0.2, 0) is 24.4 Å². The molecular formula is C20H24N4O5S. The third-order valence-corrected chi connectivity index (χ3v) is 5.73. The van der Waals surface area contributed by atoms with E-state index >= 15 is 0 Å². The van der Waals surface area contributed by atoms with E-state index < -0.39 is 15.9 Å². The molecular weight excluding hydrogens is 408 g/mol. The van der Waals surface area contributed by atoms with E-state index in [-0.39, 0.29) is 17.4 Å². The highest BCUT2D eigenvalue weighted by Gasteiger charge is 2.17. The molecule has 10 heteroatoms. The molecule has 0 heterocycles. The number of hydrogen-bond donors (Lipinski definition) is 2. The zero-order chi connectivity index (χ0) is 22.3. The second kappa shape index (κ2) is 9.99. The van der Waals surface area contributed by atoms with Crippen LogP contribution < -0.4 is 10.6 Å². The molecule has 0 unspecified atom stereocenters. The summed E-state index contributed by atoms with van der Waals surface area (Å²) in [5.74, 6) is -0.640. The highest BCUT2D eigenvalue weighted by Crippen LogP contribution is 2.18. The summed E-state index contributed by atoms with van der Waals surface area (Å²) < 4.78 is 25.4. The van der Waals surface area contributed by atoms with Crippen molar-refractivity contribution in [2.45, 2.75) is 18.7 Å². The summed E-state index contributed by atoms with van der Waals surface area (Å²) in [6.07, 6.45) is 0. The predicted octanol–water partition coefficient (Wildman–Crippen LogP) is 2.27. The van der Waals surface area contributed by atoms with Gasteiger partial charge in [-0.25, -0.2) is 12.7 Å². The van der Waals surface area contributed by atoms with Crippen LogP contribution in [0.2, 0.25) is 0 Å². The Balaban J connectivity index is 1.94. The maximum Gasteiger partial charge on any atom is 0.265 e. The number of anilines is 2. The van der Waals surface area contributed by atoms with Gasteiger partial charge in [-0.15, -0.1) is 0 Å². The largest absolute Gasteiger partial charge is 0.385 e. The molecule has 0 saturated carbocycles. The molecule has 0 aromatic heterocycles. The zero-order valence-corrected chi connectivity index (χ0v) is 18.0. The first-order valence-corrected chi connectivity index (χ1v) is 10.4. The van der Waals surface area contributed by atoms with Crippen LogP contribution in [-0.4, -0.2) is 51.0 Å². The van der Waals surface area contributed by atoms with Crippen LogP contribution in [0, 0.1) is 0 Å². The molecule has 2 aromatic rings. The van der Waals surface area contributed by atoms with E-state index in [0.29, 0.717) is 17.1 Å². The van der Waals surface area contributed by atoms with Crippen molar-refractivity contribution in [1.82, 2.24) is 4.31 Å². The lowest BCUT2D eigenvalue weighted by molar-refractivity contribution is -0.120. The van der Waals surface area contributed by atoms with Crippen LogP contribution in [0.1, 0.15) is 19.4 Å². The van der Waals surface area contributed by atoms with Gasteiger partial charge in [0.05, 0.1) is 10.6 Å². The fourth-order valence-electron chi connectivity index (χ4n) is 2.38. The van der Waals surface area contributed by atoms with Crippen molar-refractivity contribution in [2.24, 2.45) is 5.16 Å². The van der Waals surface area contributed by atoms with Gasteiger partial charge < -0.3 is 15.5 Å². The Morgan fingerprint density at radius 2 is 1.67 bits per heavy atom. The highest BCUT2D eigenvalue weighted by atomic mass is 32.2. The number of benzene rings is 2. The fraction of sp³-hybridized carbons (Fsp3) is 0.250. The van der Waals surface area contributed by atoms with E-state index in [4.69, 9.17) is 4.84 Å². The molecule has 9 nitrogen and oxygen atoms in total. The third kappa shape index (κ3) is 6.39. The van der Waals surface area contributed by atoms with Gasteiger partial charge in [-0.3, -0.25) is 9.59 Å². The lowest BCUT2D eigenvalue weighted by atomic mass is 10.1. The average Bonchev–Trinajstić information content (AvgIpc) is 2.68. The summed E-state index contributed by atoms with van der Waals surface area (Å²) >= 11 is 0. The van der Waals surface area contributed by atoms with Gasteiger partial charge in [0.2, 0.25) is 15.9 Å². The molecule has 2 amide bonds. The lowest BCUT2D eigenvalue weighted by Gasteiger charge is -2.12. The molecule has 0 radical (unpaired) electrons. The molecule has 0 spiro atoms. The van der Waals surface area contributed by atoms with E-state index in [9.17, 15) is 18.0 Å². The first-order valence-electron chi connectivity index (χ1n) is 8.96. The molecule has 0 saturated heterocycles. The van der Waals surface area contributed by atoms with Gasteiger partial charge in [0.15, 0.2) is 6.61 Å². The minimum absolute atomic E-state index is 0.0720. The molecule has 0 bridgehead atoms. The number of carbonyl (C=O) groups excluding carboxylic acids is 2. The Hall–Kier alpha value is -3.24. The quantitative estimate of drug-likeness (QED) is 0.490. The molecule has 2 rings (SSSR count). The predicted molar refractivity (Wildman–Crippen MR) is 115 cm³/mol. The summed E-state index contributed by atoms with van der Waals surface area (Å²) in [7, 11) is -0.733. The van der Waals surface area contributed by atoms with E-state index in [1.54, 1.807) is 43.3 Å². The van der Waals surface area contributed by atoms with E-state index in [0.717, 1.165) is 9.87 Å². The number of oxime groups is 1. The minimum atomic E-state index is -3.60. The van der Waals surface area contributed by atoms with Gasteiger partial charge in [-0.05, 0) is 42.8 Å². The van der Waals surface area contributed by atoms with Gasteiger partial charge in [-0.2, -0.15) is 0 Å². The van der Waals surface area contributed by atoms with Crippen molar-refractivity contribution in [2.75, 3.05) is 31.3 Å². The van der Waals surface area contributed by atoms with Crippen LogP contribution in [0.25, 0.3) is 0 Å². The van der Waals surface area contributed by atoms with Gasteiger partial charge in [0, 0.05) is 32.4 Å². The maximum absolute atomic E-state index is 12.2. The Labute approximate surface area is 175 Å². The van der Waals surface area contributed by atoms with Gasteiger partial charge in [-0.1, -0.05) is 23.4 Å². The topological polar surface area (TPSA) is 117 Å². The van der Waals surface area contributed by atoms with Crippen molar-refractivity contribution in [1.29, 1.82) is 0 Å². The van der Waals surface area contributed by atoms with Gasteiger partial charge >= 0.3 is 0 Å². The summed E-state index contributed by atoms with van der Waals surface area (Å²) in [5, 5.41) is 9.16. The van der Waals surface area contributed by atoms with Gasteiger partial charge in [0.1, 0.15) is 0 Å². The van der Waals surface area contributed by atoms with E-state index in [1.807, 2.05) is 0 Å². The molecule has 0 aliphatic rings. The van der Waals surface area contributed by atoms with Crippen molar-refractivity contribution in [3.8, 4) is 0 Å². The Morgan fingerprint density at radius 3 is 2.27 bits per heavy atom. The standard InChI is InChI=1S/C20H24N4O5S/c1-14(16-8-10-17(11-9-16)21-15(2)25)23-29-13-20(26)22-18-6-5-7-19(12-18)30(27,28)24(3)4/h5-12H,13H2,1-4H3,(H,21,25)(H,22,26)/b23-14+. The van der Waals surface area contributed by atoms with Crippen LogP contribution >= 0.6 is 0 Å². The molecule has 0 aliphatic carbocycles. The summed E-state index contributed by atoms with van der Waals surface area (Å²) in [4.78, 5) is 28.3. The normalized spacial score (nSPS) is 11.8. The van der Waals surface area contributed by atoms with Crippen LogP contribution in [0.5, 0.6) is 0 Å². The van der Waals surface area contributed by atoms with Crippen molar-refractivity contribution < 1.29 is 22.8 Å². The molecule has 2 N–H and O–H groups in total. The van der Waals surface area contributed by atoms with E-state index in [2.05, 4.69) is 15.8 Å². The average molecular weight is 433 g/mol. The summed E-state index contributed by atoms with van der Waals surface area (Å²) in [5.41, 5.74) is 2.32. The van der Waals surface area contributed by atoms with Crippen molar-refractivity contribution in [3.63, 3.8) is 0 Å². The van der Waals surface area contributed by atoms with Gasteiger partial charge in [0.25, 0.3) is 5.91 Å². The number of amides is 2. The first-order chi connectivity index (χ1) is 14.1. The van der Waals surface area contributed by atoms with Crippen molar-refractivity contribution in [3.05, 3.63) is 54.1 Å². The van der Waals surface area contributed by atoms with Crippen molar-refractivity contribution >= 4 is 38.9 Å². The van der Waals surface area contributed by atoms with Crippen LogP contribution in [0.4, 0.5) is 11.4 Å². The number of carbonyl (C=O) groups is 2. The molecule has 30 heavy (non-hydrogen) atoms. The fourth-order valence-corrected chi connectivity index (χ4v) is 3.33. The Kier molecular flexibility index (Phi) is 7.67. The van der Waals surface area contributed by atoms with Crippen LogP contribution in [0.15, 0.2) is 58.6 Å². The molecule has 0 atom stereocenters. The summed E-state index contributed by atoms with van der Waals surface area (Å²) in [6.45, 7) is 2.81. The number of nitrogens with zero attached hydrogens (tertiary/aromatic N) is 2. The SMILES string of the molecule is CC(=O)Nc1ccc(/C(C)=N/OCC(=O)Nc2cccc(S(=O)(=O)N(C)C)c2)cc1. The number of rotatable bonds is 8. The third-order valence-electron chi connectivity index (χ3n) is 3.92. The zero-order valence-electron chi connectivity index (χ0n) is 17.2. The number of nitrogens with one attached hydrogen (secondary N) is 2. The molecule has 2 aromatic carbocycles. The van der Waals surface area contributed by atoms with E-state index in [1.165, 1.54) is 33.2 Å². The minimum Gasteiger partial charge on any atom is -0.385 e. The molecule has 0 aliphatic heterocycles. The second-order valence-corrected chi connectivity index (χ2v) is 8.72. The smallest absolute Gasteiger partial charge is 0.265 e. The maximum atomic E-state index is 12.2. The molecule has 160 valence electrons. The number of sulfonamides is 1. The second-order valence-electron chi connectivity index (χ2n) is 6.57. The molecule has 0 fully saturated rings. The lowest BCUT2D eigenvalue weighted by Crippen LogP contribution is -2.22. The Bertz CT molecular complexity index is 1050. The summed E-state index contributed by atoms with van der Waals surface area (Å²) in [6, 6.07) is 12.9. The first kappa shape index (κ1) is 23.0. The highest BCUT2D eigenvalue weighted by molar-refractivity contribution is 7.89. The number of hydrogen-bond acceptors (Lipinski definition) is 6.